The molecule has 0 radical (unpaired) electrons. The molecule has 7 nitrogen and oxygen atoms in total. The van der Waals surface area contributed by atoms with Gasteiger partial charge in [-0.05, 0) is 50.7 Å². The van der Waals surface area contributed by atoms with E-state index < -0.39 is 0 Å². The first-order valence-corrected chi connectivity index (χ1v) is 10.5. The van der Waals surface area contributed by atoms with Crippen LogP contribution in [0.1, 0.15) is 38.5 Å². The third-order valence-corrected chi connectivity index (χ3v) is 5.77. The predicted molar refractivity (Wildman–Crippen MR) is 109 cm³/mol. The van der Waals surface area contributed by atoms with Gasteiger partial charge in [0.2, 0.25) is 5.91 Å². The number of nitrogens with zero attached hydrogens (tertiary/aromatic N) is 1. The van der Waals surface area contributed by atoms with E-state index in [0.717, 1.165) is 64.0 Å². The fraction of sp³-hybridized carbons (Fsp3) is 0.714. The number of carbonyl (C=O) groups is 1. The average molecular weight is 391 g/mol. The zero-order valence-corrected chi connectivity index (χ0v) is 16.9. The Kier molecular flexibility index (Phi) is 8.51. The molecule has 1 aliphatic carbocycles. The number of aromatic nitrogens is 1. The third-order valence-electron chi connectivity index (χ3n) is 5.77. The first-order valence-electron chi connectivity index (χ1n) is 10.5. The maximum atomic E-state index is 12.6. The number of amides is 1. The van der Waals surface area contributed by atoms with Crippen molar-refractivity contribution in [3.8, 4) is 0 Å². The van der Waals surface area contributed by atoms with E-state index in [0.29, 0.717) is 12.6 Å². The number of hydrogen-bond donors (Lipinski definition) is 3. The molecular weight excluding hydrogens is 356 g/mol. The molecule has 7 heteroatoms. The molecule has 0 spiro atoms. The number of carbonyl (C=O) groups excluding carboxylic acids is 1. The molecule has 1 saturated heterocycles. The number of pyridine rings is 1. The molecule has 2 heterocycles. The monoisotopic (exact) mass is 390 g/mol. The minimum absolute atomic E-state index is 0.0648. The van der Waals surface area contributed by atoms with E-state index >= 15 is 0 Å². The van der Waals surface area contributed by atoms with Gasteiger partial charge >= 0.3 is 0 Å². The second-order valence-corrected chi connectivity index (χ2v) is 7.76. The second kappa shape index (κ2) is 11.3. The highest BCUT2D eigenvalue weighted by atomic mass is 16.5. The van der Waals surface area contributed by atoms with Crippen molar-refractivity contribution in [2.75, 3.05) is 38.7 Å². The van der Waals surface area contributed by atoms with Crippen molar-refractivity contribution >= 4 is 11.6 Å². The van der Waals surface area contributed by atoms with Crippen LogP contribution in [0.25, 0.3) is 0 Å². The van der Waals surface area contributed by atoms with Crippen molar-refractivity contribution in [3.05, 3.63) is 24.5 Å². The predicted octanol–water partition coefficient (Wildman–Crippen LogP) is 1.95. The minimum atomic E-state index is 0.0648. The van der Waals surface area contributed by atoms with Crippen LogP contribution in [0.4, 0.5) is 5.69 Å². The smallest absolute Gasteiger partial charge is 0.223 e. The van der Waals surface area contributed by atoms with Crippen molar-refractivity contribution < 1.29 is 14.3 Å². The summed E-state index contributed by atoms with van der Waals surface area (Å²) in [7, 11) is 1.78. The Balaban J connectivity index is 1.37. The molecule has 3 rings (SSSR count). The van der Waals surface area contributed by atoms with Gasteiger partial charge in [-0.3, -0.25) is 9.78 Å². The number of anilines is 1. The average Bonchev–Trinajstić information content (AvgIpc) is 2.75. The van der Waals surface area contributed by atoms with Crippen LogP contribution >= 0.6 is 0 Å². The van der Waals surface area contributed by atoms with Crippen LogP contribution in [0.5, 0.6) is 0 Å². The Morgan fingerprint density at radius 1 is 1.25 bits per heavy atom. The van der Waals surface area contributed by atoms with Gasteiger partial charge in [-0.15, -0.1) is 0 Å². The zero-order chi connectivity index (χ0) is 19.6. The summed E-state index contributed by atoms with van der Waals surface area (Å²) in [5, 5.41) is 10.2. The number of hydrogen-bond acceptors (Lipinski definition) is 6. The molecule has 0 aromatic carbocycles. The van der Waals surface area contributed by atoms with E-state index in [9.17, 15) is 4.79 Å². The molecule has 1 aromatic rings. The Morgan fingerprint density at radius 2 is 2.11 bits per heavy atom. The van der Waals surface area contributed by atoms with Gasteiger partial charge in [0.25, 0.3) is 0 Å². The van der Waals surface area contributed by atoms with Gasteiger partial charge in [0.1, 0.15) is 0 Å². The van der Waals surface area contributed by atoms with E-state index in [1.165, 1.54) is 0 Å². The molecule has 1 saturated carbocycles. The molecule has 1 amide bonds. The highest BCUT2D eigenvalue weighted by Crippen LogP contribution is 2.27. The first kappa shape index (κ1) is 21.0. The third kappa shape index (κ3) is 6.43. The van der Waals surface area contributed by atoms with Crippen LogP contribution < -0.4 is 16.0 Å². The number of ether oxygens (including phenoxy) is 2. The highest BCUT2D eigenvalue weighted by Gasteiger charge is 2.35. The molecular formula is C21H34N4O3. The molecule has 2 fully saturated rings. The summed E-state index contributed by atoms with van der Waals surface area (Å²) in [5.74, 6) is 0.240. The fourth-order valence-corrected chi connectivity index (χ4v) is 4.15. The van der Waals surface area contributed by atoms with Gasteiger partial charge in [-0.25, -0.2) is 0 Å². The maximum absolute atomic E-state index is 12.6. The molecule has 3 atom stereocenters. The van der Waals surface area contributed by atoms with E-state index in [1.807, 2.05) is 12.1 Å². The zero-order valence-electron chi connectivity index (χ0n) is 16.9. The summed E-state index contributed by atoms with van der Waals surface area (Å²) in [4.78, 5) is 16.7. The van der Waals surface area contributed by atoms with Gasteiger partial charge in [-0.2, -0.15) is 0 Å². The quantitative estimate of drug-likeness (QED) is 0.559. The molecule has 2 aliphatic rings. The van der Waals surface area contributed by atoms with Crippen molar-refractivity contribution in [2.45, 2.75) is 56.7 Å². The second-order valence-electron chi connectivity index (χ2n) is 7.76. The van der Waals surface area contributed by atoms with Crippen LogP contribution in [0.15, 0.2) is 24.5 Å². The van der Waals surface area contributed by atoms with Crippen LogP contribution in [0.2, 0.25) is 0 Å². The SMILES string of the molecule is CO[C@@H]1CC[C@H](C(=O)NCCCNc2cccnc2)C[C@H]1NC1CCOCC1. The van der Waals surface area contributed by atoms with Gasteiger partial charge in [0.05, 0.1) is 11.8 Å². The Hall–Kier alpha value is -1.70. The van der Waals surface area contributed by atoms with Crippen molar-refractivity contribution in [2.24, 2.45) is 5.92 Å². The number of rotatable bonds is 9. The molecule has 3 N–H and O–H groups in total. The van der Waals surface area contributed by atoms with Crippen molar-refractivity contribution in [1.82, 2.24) is 15.6 Å². The largest absolute Gasteiger partial charge is 0.384 e. The Labute approximate surface area is 168 Å². The van der Waals surface area contributed by atoms with Crippen molar-refractivity contribution in [1.29, 1.82) is 0 Å². The van der Waals surface area contributed by atoms with Crippen LogP contribution in [0, 0.1) is 5.92 Å². The summed E-state index contributed by atoms with van der Waals surface area (Å²) >= 11 is 0. The molecule has 1 aromatic heterocycles. The summed E-state index contributed by atoms with van der Waals surface area (Å²) < 4.78 is 11.1. The highest BCUT2D eigenvalue weighted by molar-refractivity contribution is 5.78. The molecule has 0 bridgehead atoms. The summed E-state index contributed by atoms with van der Waals surface area (Å²) in [6.07, 6.45) is 9.37. The lowest BCUT2D eigenvalue weighted by molar-refractivity contribution is -0.127. The lowest BCUT2D eigenvalue weighted by Crippen LogP contribution is -2.52. The standard InChI is InChI=1S/C21H34N4O3/c1-27-20-6-5-16(14-19(20)25-17-7-12-28-13-8-17)21(26)24-11-3-10-23-18-4-2-9-22-15-18/h2,4,9,15-17,19-20,23,25H,3,5-8,10-14H2,1H3,(H,24,26)/t16-,19+,20+/m0/s1. The van der Waals surface area contributed by atoms with E-state index in [2.05, 4.69) is 20.9 Å². The van der Waals surface area contributed by atoms with Gasteiger partial charge in [0, 0.05) is 63.8 Å². The van der Waals surface area contributed by atoms with E-state index in [-0.39, 0.29) is 24.0 Å². The lowest BCUT2D eigenvalue weighted by Gasteiger charge is -2.38. The number of methoxy groups -OCH3 is 1. The van der Waals surface area contributed by atoms with Crippen molar-refractivity contribution in [3.63, 3.8) is 0 Å². The lowest BCUT2D eigenvalue weighted by atomic mass is 9.82. The Bertz CT molecular complexity index is 580. The maximum Gasteiger partial charge on any atom is 0.223 e. The van der Waals surface area contributed by atoms with Gasteiger partial charge < -0.3 is 25.4 Å². The Morgan fingerprint density at radius 3 is 2.86 bits per heavy atom. The van der Waals surface area contributed by atoms with E-state index in [1.54, 1.807) is 19.5 Å². The fourth-order valence-electron chi connectivity index (χ4n) is 4.15. The summed E-state index contributed by atoms with van der Waals surface area (Å²) in [5.41, 5.74) is 1.01. The molecule has 156 valence electrons. The van der Waals surface area contributed by atoms with Gasteiger partial charge in [0.15, 0.2) is 0 Å². The summed E-state index contributed by atoms with van der Waals surface area (Å²) in [6.45, 7) is 3.14. The van der Waals surface area contributed by atoms with Crippen LogP contribution in [0.3, 0.4) is 0 Å². The molecule has 1 aliphatic heterocycles. The van der Waals surface area contributed by atoms with Gasteiger partial charge in [-0.1, -0.05) is 0 Å². The normalized spacial score (nSPS) is 26.0. The van der Waals surface area contributed by atoms with Crippen LogP contribution in [-0.4, -0.2) is 62.5 Å². The van der Waals surface area contributed by atoms with E-state index in [4.69, 9.17) is 9.47 Å². The van der Waals surface area contributed by atoms with Crippen LogP contribution in [-0.2, 0) is 14.3 Å². The summed E-state index contributed by atoms with van der Waals surface area (Å²) in [6, 6.07) is 4.61. The molecule has 28 heavy (non-hydrogen) atoms. The number of nitrogens with one attached hydrogen (secondary N) is 3. The molecule has 0 unspecified atom stereocenters. The minimum Gasteiger partial charge on any atom is -0.384 e. The topological polar surface area (TPSA) is 84.5 Å². The first-order chi connectivity index (χ1) is 13.8.